The van der Waals surface area contributed by atoms with Gasteiger partial charge in [0.05, 0.1) is 17.7 Å². The van der Waals surface area contributed by atoms with Crippen molar-refractivity contribution in [2.24, 2.45) is 0 Å². The molecule has 1 heterocycles. The molecule has 0 saturated heterocycles. The smallest absolute Gasteiger partial charge is 0.251 e. The Morgan fingerprint density at radius 3 is 2.59 bits per heavy atom. The molecule has 2 N–H and O–H groups in total. The van der Waals surface area contributed by atoms with Gasteiger partial charge in [0.25, 0.3) is 5.91 Å². The molecule has 0 bridgehead atoms. The van der Waals surface area contributed by atoms with Crippen molar-refractivity contribution in [1.82, 2.24) is 5.32 Å². The Bertz CT molecular complexity index is 959. The minimum absolute atomic E-state index is 0.121. The normalized spacial score (nSPS) is 20.0. The average molecular weight is 364 g/mol. The number of aliphatic hydroxyl groups excluding tert-OH is 1. The molecule has 0 radical (unpaired) electrons. The molecule has 6 heteroatoms. The second kappa shape index (κ2) is 6.86. The van der Waals surface area contributed by atoms with E-state index in [9.17, 15) is 14.7 Å². The topological polar surface area (TPSA) is 99.4 Å². The van der Waals surface area contributed by atoms with Gasteiger partial charge in [-0.05, 0) is 57.2 Å². The molecule has 3 rings (SSSR count). The highest BCUT2D eigenvalue weighted by molar-refractivity contribution is 5.96. The summed E-state index contributed by atoms with van der Waals surface area (Å²) in [6, 6.07) is 12.5. The van der Waals surface area contributed by atoms with Crippen LogP contribution in [0, 0.1) is 11.3 Å². The summed E-state index contributed by atoms with van der Waals surface area (Å²) in [4.78, 5) is 24.5. The Hall–Kier alpha value is -3.17. The maximum atomic E-state index is 12.7. The van der Waals surface area contributed by atoms with E-state index in [2.05, 4.69) is 5.32 Å². The third kappa shape index (κ3) is 3.55. The molecular weight excluding hydrogens is 344 g/mol. The van der Waals surface area contributed by atoms with Crippen molar-refractivity contribution in [3.8, 4) is 11.8 Å². The largest absolute Gasteiger partial charge is 0.485 e. The van der Waals surface area contributed by atoms with E-state index in [1.54, 1.807) is 50.2 Å². The van der Waals surface area contributed by atoms with Crippen molar-refractivity contribution in [2.75, 3.05) is 0 Å². The van der Waals surface area contributed by atoms with Crippen LogP contribution in [0.25, 0.3) is 0 Å². The summed E-state index contributed by atoms with van der Waals surface area (Å²) in [7, 11) is 0. The molecule has 2 unspecified atom stereocenters. The lowest BCUT2D eigenvalue weighted by Gasteiger charge is -2.42. The summed E-state index contributed by atoms with van der Waals surface area (Å²) in [6.07, 6.45) is -1.03. The second-order valence-electron chi connectivity index (χ2n) is 7.10. The fourth-order valence-electron chi connectivity index (χ4n) is 3.13. The number of ketones is 1. The van der Waals surface area contributed by atoms with Gasteiger partial charge in [0.2, 0.25) is 0 Å². The van der Waals surface area contributed by atoms with Gasteiger partial charge in [0, 0.05) is 16.7 Å². The lowest BCUT2D eigenvalue weighted by atomic mass is 9.85. The van der Waals surface area contributed by atoms with Crippen LogP contribution in [0.15, 0.2) is 42.5 Å². The number of amides is 1. The third-order valence-electron chi connectivity index (χ3n) is 4.69. The number of rotatable bonds is 3. The van der Waals surface area contributed by atoms with Crippen LogP contribution in [0.3, 0.4) is 0 Å². The van der Waals surface area contributed by atoms with E-state index in [0.717, 1.165) is 0 Å². The minimum Gasteiger partial charge on any atom is -0.485 e. The van der Waals surface area contributed by atoms with Gasteiger partial charge in [-0.25, -0.2) is 0 Å². The van der Waals surface area contributed by atoms with Crippen molar-refractivity contribution >= 4 is 11.7 Å². The number of nitrogens with one attached hydrogen (secondary N) is 1. The van der Waals surface area contributed by atoms with Crippen LogP contribution >= 0.6 is 0 Å². The molecule has 2 aromatic carbocycles. The van der Waals surface area contributed by atoms with E-state index in [1.165, 1.54) is 13.0 Å². The van der Waals surface area contributed by atoms with Crippen LogP contribution in [0.5, 0.6) is 5.75 Å². The summed E-state index contributed by atoms with van der Waals surface area (Å²) in [5.41, 5.74) is 0.760. The van der Waals surface area contributed by atoms with Gasteiger partial charge in [-0.15, -0.1) is 0 Å². The molecule has 2 atom stereocenters. The number of hydrogen-bond donors (Lipinski definition) is 2. The van der Waals surface area contributed by atoms with Gasteiger partial charge in [0.1, 0.15) is 17.5 Å². The van der Waals surface area contributed by atoms with Crippen LogP contribution in [0.1, 0.15) is 58.7 Å². The first-order valence-corrected chi connectivity index (χ1v) is 8.56. The molecular formula is C21H20N2O4. The van der Waals surface area contributed by atoms with Crippen LogP contribution in [0.2, 0.25) is 0 Å². The first-order chi connectivity index (χ1) is 12.7. The third-order valence-corrected chi connectivity index (χ3v) is 4.69. The molecule has 0 fully saturated rings. The first-order valence-electron chi connectivity index (χ1n) is 8.56. The summed E-state index contributed by atoms with van der Waals surface area (Å²) in [5, 5.41) is 22.6. The van der Waals surface area contributed by atoms with Gasteiger partial charge < -0.3 is 15.2 Å². The minimum atomic E-state index is -1.03. The number of carbonyl (C=O) groups excluding carboxylic acids is 2. The summed E-state index contributed by atoms with van der Waals surface area (Å²) < 4.78 is 5.86. The van der Waals surface area contributed by atoms with Crippen LogP contribution in [-0.2, 0) is 0 Å². The number of nitrogens with zero attached hydrogens (tertiary/aromatic N) is 1. The number of aliphatic hydroxyl groups is 1. The number of ether oxygens (including phenoxy) is 1. The Morgan fingerprint density at radius 2 is 1.93 bits per heavy atom. The van der Waals surface area contributed by atoms with Crippen molar-refractivity contribution in [3.63, 3.8) is 0 Å². The Kier molecular flexibility index (Phi) is 4.73. The number of benzene rings is 2. The van der Waals surface area contributed by atoms with E-state index >= 15 is 0 Å². The van der Waals surface area contributed by atoms with Crippen molar-refractivity contribution in [1.29, 1.82) is 5.26 Å². The predicted octanol–water partition coefficient (Wildman–Crippen LogP) is 2.76. The van der Waals surface area contributed by atoms with E-state index in [1.807, 2.05) is 6.07 Å². The quantitative estimate of drug-likeness (QED) is 0.816. The molecule has 0 aliphatic carbocycles. The van der Waals surface area contributed by atoms with Gasteiger partial charge in [-0.2, -0.15) is 5.26 Å². The van der Waals surface area contributed by atoms with Gasteiger partial charge >= 0.3 is 0 Å². The summed E-state index contributed by atoms with van der Waals surface area (Å²) in [6.45, 7) is 4.91. The van der Waals surface area contributed by atoms with Gasteiger partial charge in [0.15, 0.2) is 5.78 Å². The Labute approximate surface area is 157 Å². The number of fused-ring (bicyclic) bond motifs is 1. The fraction of sp³-hybridized carbons (Fsp3) is 0.286. The van der Waals surface area contributed by atoms with Crippen LogP contribution in [-0.4, -0.2) is 28.5 Å². The maximum absolute atomic E-state index is 12.7. The van der Waals surface area contributed by atoms with Crippen molar-refractivity contribution in [2.45, 2.75) is 38.5 Å². The maximum Gasteiger partial charge on any atom is 0.251 e. The zero-order valence-electron chi connectivity index (χ0n) is 15.3. The molecule has 138 valence electrons. The molecule has 1 aliphatic heterocycles. The highest BCUT2D eigenvalue weighted by atomic mass is 16.5. The second-order valence-corrected chi connectivity index (χ2v) is 7.10. The first kappa shape index (κ1) is 18.6. The Morgan fingerprint density at radius 1 is 1.19 bits per heavy atom. The van der Waals surface area contributed by atoms with E-state index in [0.29, 0.717) is 28.0 Å². The number of hydrogen-bond acceptors (Lipinski definition) is 5. The predicted molar refractivity (Wildman–Crippen MR) is 98.5 cm³/mol. The van der Waals surface area contributed by atoms with Gasteiger partial charge in [-0.3, -0.25) is 9.59 Å². The SMILES string of the molecule is CC(=O)c1ccc2c(c1)C(NC(=O)c1cccc(C#N)c1)C(O)C(C)(C)O2. The van der Waals surface area contributed by atoms with E-state index in [4.69, 9.17) is 10.00 Å². The van der Waals surface area contributed by atoms with Crippen molar-refractivity contribution < 1.29 is 19.4 Å². The number of carbonyl (C=O) groups is 2. The van der Waals surface area contributed by atoms with Crippen molar-refractivity contribution in [3.05, 3.63) is 64.7 Å². The van der Waals surface area contributed by atoms with Crippen LogP contribution < -0.4 is 10.1 Å². The summed E-state index contributed by atoms with van der Waals surface area (Å²) in [5.74, 6) is -0.0386. The molecule has 2 aromatic rings. The molecule has 27 heavy (non-hydrogen) atoms. The molecule has 6 nitrogen and oxygen atoms in total. The lowest BCUT2D eigenvalue weighted by Crippen LogP contribution is -2.53. The van der Waals surface area contributed by atoms with E-state index in [-0.39, 0.29) is 5.78 Å². The number of nitriles is 1. The zero-order chi connectivity index (χ0) is 19.8. The standard InChI is InChI=1S/C21H20N2O4/c1-12(24)14-7-8-17-16(10-14)18(19(25)21(2,3)27-17)23-20(26)15-6-4-5-13(9-15)11-22/h4-10,18-19,25H,1-3H3,(H,23,26). The highest BCUT2D eigenvalue weighted by Crippen LogP contribution is 2.40. The zero-order valence-corrected chi connectivity index (χ0v) is 15.3. The Balaban J connectivity index is 2.00. The lowest BCUT2D eigenvalue weighted by molar-refractivity contribution is -0.0627. The molecule has 1 amide bonds. The molecule has 0 aromatic heterocycles. The number of Topliss-reactive ketones (excluding diaryl/α,β-unsaturated/α-hetero) is 1. The monoisotopic (exact) mass is 364 g/mol. The van der Waals surface area contributed by atoms with E-state index < -0.39 is 23.7 Å². The fourth-order valence-corrected chi connectivity index (χ4v) is 3.13. The highest BCUT2D eigenvalue weighted by Gasteiger charge is 2.43. The molecule has 0 saturated carbocycles. The van der Waals surface area contributed by atoms with Crippen LogP contribution in [0.4, 0.5) is 0 Å². The molecule has 1 aliphatic rings. The molecule has 0 spiro atoms. The average Bonchev–Trinajstić information content (AvgIpc) is 2.64. The summed E-state index contributed by atoms with van der Waals surface area (Å²) >= 11 is 0. The van der Waals surface area contributed by atoms with Gasteiger partial charge in [-0.1, -0.05) is 6.07 Å².